The number of hydrogen-bond donors (Lipinski definition) is 0. The molecule has 1 saturated heterocycles. The van der Waals surface area contributed by atoms with Crippen LogP contribution < -0.4 is 0 Å². The number of rotatable bonds is 5. The lowest BCUT2D eigenvalue weighted by Crippen LogP contribution is -2.44. The fraction of sp³-hybridized carbons (Fsp3) is 0.333. The summed E-state index contributed by atoms with van der Waals surface area (Å²) < 4.78 is 2.65. The molecule has 1 atom stereocenters. The van der Waals surface area contributed by atoms with E-state index in [1.54, 1.807) is 11.0 Å². The third-order valence-electron chi connectivity index (χ3n) is 6.21. The third-order valence-corrected chi connectivity index (χ3v) is 6.74. The quantitative estimate of drug-likeness (QED) is 0.534. The zero-order valence-electron chi connectivity index (χ0n) is 18.2. The molecule has 0 aliphatic carbocycles. The van der Waals surface area contributed by atoms with E-state index >= 15 is 0 Å². The molecule has 0 N–H and O–H groups in total. The van der Waals surface area contributed by atoms with E-state index < -0.39 is 0 Å². The van der Waals surface area contributed by atoms with Gasteiger partial charge in [0.15, 0.2) is 0 Å². The van der Waals surface area contributed by atoms with E-state index in [0.29, 0.717) is 31.5 Å². The molecule has 1 fully saturated rings. The second kappa shape index (κ2) is 9.65. The van der Waals surface area contributed by atoms with Crippen molar-refractivity contribution in [2.45, 2.75) is 25.8 Å². The van der Waals surface area contributed by atoms with Crippen molar-refractivity contribution in [3.8, 4) is 5.69 Å². The van der Waals surface area contributed by atoms with Gasteiger partial charge in [0, 0.05) is 36.1 Å². The molecule has 0 radical (unpaired) electrons. The monoisotopic (exact) mass is 495 g/mol. The van der Waals surface area contributed by atoms with Crippen LogP contribution in [0.15, 0.2) is 65.7 Å². The maximum absolute atomic E-state index is 13.1. The Labute approximate surface area is 196 Å². The van der Waals surface area contributed by atoms with E-state index in [1.807, 2.05) is 72.3 Å². The number of nitrogens with zero attached hydrogens (tertiary/aromatic N) is 5. The average molecular weight is 496 g/mol. The predicted octanol–water partition coefficient (Wildman–Crippen LogP) is 4.10. The molecule has 32 heavy (non-hydrogen) atoms. The maximum atomic E-state index is 13.1. The zero-order valence-corrected chi connectivity index (χ0v) is 19.8. The van der Waals surface area contributed by atoms with E-state index in [1.165, 1.54) is 6.33 Å². The molecule has 3 aromatic rings. The van der Waals surface area contributed by atoms with Gasteiger partial charge in [-0.15, -0.1) is 0 Å². The fourth-order valence-electron chi connectivity index (χ4n) is 4.05. The van der Waals surface area contributed by atoms with Gasteiger partial charge in [0.1, 0.15) is 12.7 Å². The second-order valence-corrected chi connectivity index (χ2v) is 9.05. The minimum absolute atomic E-state index is 0.0255. The highest BCUT2D eigenvalue weighted by Gasteiger charge is 2.31. The third kappa shape index (κ3) is 4.75. The fourth-order valence-corrected chi connectivity index (χ4v) is 4.32. The topological polar surface area (TPSA) is 71.3 Å². The normalized spacial score (nSPS) is 15.4. The van der Waals surface area contributed by atoms with Crippen LogP contribution in [0.5, 0.6) is 0 Å². The number of likely N-dealkylation sites (tertiary alicyclic amines) is 1. The molecule has 8 heteroatoms. The molecular weight excluding hydrogens is 470 g/mol. The van der Waals surface area contributed by atoms with Gasteiger partial charge in [-0.3, -0.25) is 9.59 Å². The van der Waals surface area contributed by atoms with Crippen molar-refractivity contribution in [2.75, 3.05) is 20.1 Å². The molecule has 1 unspecified atom stereocenters. The standard InChI is InChI=1S/C24H26BrN5O2/c1-17(18-5-9-22(10-6-18)30-16-26-15-27-30)28(2)23(31)20-11-13-29(14-12-20)24(32)19-3-7-21(25)8-4-19/h3-10,15-17,20H,11-14H2,1-2H3. The van der Waals surface area contributed by atoms with Crippen molar-refractivity contribution in [3.63, 3.8) is 0 Å². The van der Waals surface area contributed by atoms with Crippen LogP contribution in [0.4, 0.5) is 0 Å². The van der Waals surface area contributed by atoms with E-state index in [-0.39, 0.29) is 23.8 Å². The molecule has 4 rings (SSSR count). The molecule has 0 spiro atoms. The molecule has 1 aliphatic heterocycles. The van der Waals surface area contributed by atoms with Crippen LogP contribution in [0.25, 0.3) is 5.69 Å². The van der Waals surface area contributed by atoms with Crippen LogP contribution in [0, 0.1) is 5.92 Å². The Morgan fingerprint density at radius 2 is 1.72 bits per heavy atom. The summed E-state index contributed by atoms with van der Waals surface area (Å²) in [6.45, 7) is 3.23. The molecule has 0 saturated carbocycles. The number of halogens is 1. The largest absolute Gasteiger partial charge is 0.339 e. The number of carbonyl (C=O) groups excluding carboxylic acids is 2. The van der Waals surface area contributed by atoms with Crippen molar-refractivity contribution in [1.29, 1.82) is 0 Å². The summed E-state index contributed by atoms with van der Waals surface area (Å²) in [5, 5.41) is 4.14. The molecule has 2 amide bonds. The highest BCUT2D eigenvalue weighted by molar-refractivity contribution is 9.10. The average Bonchev–Trinajstić information content (AvgIpc) is 3.38. The lowest BCUT2D eigenvalue weighted by Gasteiger charge is -2.35. The summed E-state index contributed by atoms with van der Waals surface area (Å²) in [6.07, 6.45) is 4.52. The first-order valence-corrected chi connectivity index (χ1v) is 11.5. The van der Waals surface area contributed by atoms with E-state index in [0.717, 1.165) is 15.7 Å². The van der Waals surface area contributed by atoms with Crippen LogP contribution in [0.3, 0.4) is 0 Å². The van der Waals surface area contributed by atoms with Gasteiger partial charge in [-0.05, 0) is 61.7 Å². The van der Waals surface area contributed by atoms with E-state index in [2.05, 4.69) is 26.0 Å². The van der Waals surface area contributed by atoms with Crippen LogP contribution >= 0.6 is 15.9 Å². The van der Waals surface area contributed by atoms with Crippen molar-refractivity contribution < 1.29 is 9.59 Å². The SMILES string of the molecule is CC(c1ccc(-n2cncn2)cc1)N(C)C(=O)C1CCN(C(=O)c2ccc(Br)cc2)CC1. The number of piperidine rings is 1. The summed E-state index contributed by atoms with van der Waals surface area (Å²) >= 11 is 3.40. The molecular formula is C24H26BrN5O2. The lowest BCUT2D eigenvalue weighted by atomic mass is 9.94. The van der Waals surface area contributed by atoms with E-state index in [4.69, 9.17) is 0 Å². The van der Waals surface area contributed by atoms with Gasteiger partial charge in [-0.2, -0.15) is 5.10 Å². The van der Waals surface area contributed by atoms with Crippen LogP contribution in [-0.2, 0) is 4.79 Å². The number of carbonyl (C=O) groups is 2. The number of hydrogen-bond acceptors (Lipinski definition) is 4. The minimum atomic E-state index is -0.0640. The van der Waals surface area contributed by atoms with Gasteiger partial charge in [-0.25, -0.2) is 9.67 Å². The Morgan fingerprint density at radius 3 is 2.31 bits per heavy atom. The van der Waals surface area contributed by atoms with Gasteiger partial charge in [-0.1, -0.05) is 28.1 Å². The first-order chi connectivity index (χ1) is 15.4. The van der Waals surface area contributed by atoms with E-state index in [9.17, 15) is 9.59 Å². The summed E-state index contributed by atoms with van der Waals surface area (Å²) in [4.78, 5) is 33.5. The Hall–Kier alpha value is -3.00. The molecule has 1 aromatic heterocycles. The summed E-state index contributed by atoms with van der Waals surface area (Å²) in [7, 11) is 1.86. The molecule has 2 heterocycles. The highest BCUT2D eigenvalue weighted by Crippen LogP contribution is 2.26. The Kier molecular flexibility index (Phi) is 6.69. The van der Waals surface area contributed by atoms with Crippen molar-refractivity contribution in [2.24, 2.45) is 5.92 Å². The Bertz CT molecular complexity index is 1060. The Morgan fingerprint density at radius 1 is 1.06 bits per heavy atom. The predicted molar refractivity (Wildman–Crippen MR) is 125 cm³/mol. The summed E-state index contributed by atoms with van der Waals surface area (Å²) in [5.41, 5.74) is 2.67. The van der Waals surface area contributed by atoms with Crippen molar-refractivity contribution >= 4 is 27.7 Å². The minimum Gasteiger partial charge on any atom is -0.339 e. The molecule has 1 aliphatic rings. The summed E-state index contributed by atoms with van der Waals surface area (Å²) in [5.74, 6) is 0.0945. The smallest absolute Gasteiger partial charge is 0.253 e. The molecule has 166 valence electrons. The van der Waals surface area contributed by atoms with Gasteiger partial charge >= 0.3 is 0 Å². The first kappa shape index (κ1) is 22.2. The zero-order chi connectivity index (χ0) is 22.7. The van der Waals surface area contributed by atoms with Gasteiger partial charge < -0.3 is 9.80 Å². The number of amides is 2. The lowest BCUT2D eigenvalue weighted by molar-refractivity contribution is -0.137. The molecule has 0 bridgehead atoms. The number of aromatic nitrogens is 3. The van der Waals surface area contributed by atoms with Crippen LogP contribution in [0.2, 0.25) is 0 Å². The Balaban J connectivity index is 1.34. The van der Waals surface area contributed by atoms with Crippen molar-refractivity contribution in [1.82, 2.24) is 24.6 Å². The number of benzene rings is 2. The van der Waals surface area contributed by atoms with Crippen molar-refractivity contribution in [3.05, 3.63) is 76.8 Å². The summed E-state index contributed by atoms with van der Waals surface area (Å²) in [6, 6.07) is 15.3. The molecule has 7 nitrogen and oxygen atoms in total. The highest BCUT2D eigenvalue weighted by atomic mass is 79.9. The van der Waals surface area contributed by atoms with Crippen LogP contribution in [0.1, 0.15) is 41.7 Å². The first-order valence-electron chi connectivity index (χ1n) is 10.7. The van der Waals surface area contributed by atoms with Gasteiger partial charge in [0.2, 0.25) is 5.91 Å². The van der Waals surface area contributed by atoms with Gasteiger partial charge in [0.05, 0.1) is 11.7 Å². The van der Waals surface area contributed by atoms with Gasteiger partial charge in [0.25, 0.3) is 5.91 Å². The maximum Gasteiger partial charge on any atom is 0.253 e. The molecule has 2 aromatic carbocycles. The second-order valence-electron chi connectivity index (χ2n) is 8.13. The van der Waals surface area contributed by atoms with Crippen LogP contribution in [-0.4, -0.2) is 56.5 Å².